The lowest BCUT2D eigenvalue weighted by molar-refractivity contribution is 0.183. The number of rotatable bonds is 5. The van der Waals surface area contributed by atoms with Crippen molar-refractivity contribution in [2.75, 3.05) is 18.9 Å². The van der Waals surface area contributed by atoms with Crippen LogP contribution in [-0.4, -0.2) is 34.2 Å². The Hall–Kier alpha value is -1.13. The highest BCUT2D eigenvalue weighted by Crippen LogP contribution is 2.28. The molecule has 0 bridgehead atoms. The normalized spacial score (nSPS) is 15.9. The van der Waals surface area contributed by atoms with Gasteiger partial charge in [-0.2, -0.15) is 0 Å². The van der Waals surface area contributed by atoms with Crippen LogP contribution in [0, 0.1) is 0 Å². The molecule has 0 aliphatic heterocycles. The van der Waals surface area contributed by atoms with E-state index < -0.39 is 0 Å². The number of aromatic nitrogens is 1. The third kappa shape index (κ3) is 2.67. The Balaban J connectivity index is 2.02. The molecule has 0 unspecified atom stereocenters. The summed E-state index contributed by atoms with van der Waals surface area (Å²) in [6, 6.07) is 4.53. The number of nitrogens with two attached hydrogens (primary N) is 1. The average molecular weight is 207 g/mol. The third-order valence-electron chi connectivity index (χ3n) is 2.75. The topological polar surface area (TPSA) is 62.4 Å². The van der Waals surface area contributed by atoms with Crippen LogP contribution < -0.4 is 5.73 Å². The highest BCUT2D eigenvalue weighted by Gasteiger charge is 2.28. The number of hydrogen-bond acceptors (Lipinski definition) is 4. The second-order valence-corrected chi connectivity index (χ2v) is 3.97. The number of anilines is 1. The van der Waals surface area contributed by atoms with Crippen molar-refractivity contribution >= 4 is 5.82 Å². The number of aliphatic hydroxyl groups is 1. The molecule has 1 saturated carbocycles. The van der Waals surface area contributed by atoms with Gasteiger partial charge in [-0.15, -0.1) is 0 Å². The van der Waals surface area contributed by atoms with Crippen LogP contribution in [0.1, 0.15) is 18.4 Å². The van der Waals surface area contributed by atoms with Gasteiger partial charge in [0.05, 0.1) is 6.61 Å². The molecule has 4 heteroatoms. The van der Waals surface area contributed by atoms with Crippen molar-refractivity contribution in [3.05, 3.63) is 23.9 Å². The van der Waals surface area contributed by atoms with E-state index in [0.717, 1.165) is 18.7 Å². The molecule has 82 valence electrons. The van der Waals surface area contributed by atoms with Crippen molar-refractivity contribution in [2.45, 2.75) is 25.4 Å². The van der Waals surface area contributed by atoms with Gasteiger partial charge in [-0.25, -0.2) is 4.98 Å². The molecule has 0 aromatic carbocycles. The van der Waals surface area contributed by atoms with Crippen LogP contribution in [-0.2, 0) is 6.54 Å². The molecule has 1 aromatic heterocycles. The Morgan fingerprint density at radius 2 is 2.33 bits per heavy atom. The first kappa shape index (κ1) is 10.4. The number of aliphatic hydroxyl groups excluding tert-OH is 1. The zero-order chi connectivity index (χ0) is 10.7. The molecule has 3 N–H and O–H groups in total. The van der Waals surface area contributed by atoms with Crippen LogP contribution in [0.2, 0.25) is 0 Å². The summed E-state index contributed by atoms with van der Waals surface area (Å²) < 4.78 is 0. The fourth-order valence-electron chi connectivity index (χ4n) is 1.76. The van der Waals surface area contributed by atoms with E-state index in [1.54, 1.807) is 6.20 Å². The van der Waals surface area contributed by atoms with E-state index in [9.17, 15) is 0 Å². The van der Waals surface area contributed by atoms with Gasteiger partial charge in [0, 0.05) is 30.9 Å². The van der Waals surface area contributed by atoms with Crippen LogP contribution in [0.3, 0.4) is 0 Å². The molecule has 1 aliphatic rings. The monoisotopic (exact) mass is 207 g/mol. The number of nitrogen functional groups attached to an aromatic ring is 1. The predicted octanol–water partition coefficient (Wildman–Crippen LogP) is 0.620. The first-order chi connectivity index (χ1) is 7.31. The summed E-state index contributed by atoms with van der Waals surface area (Å²) in [5.41, 5.74) is 6.84. The summed E-state index contributed by atoms with van der Waals surface area (Å²) in [6.45, 7) is 1.72. The van der Waals surface area contributed by atoms with Crippen LogP contribution in [0.4, 0.5) is 5.82 Å². The minimum Gasteiger partial charge on any atom is -0.395 e. The first-order valence-electron chi connectivity index (χ1n) is 5.35. The number of nitrogens with zero attached hydrogens (tertiary/aromatic N) is 2. The predicted molar refractivity (Wildman–Crippen MR) is 59.2 cm³/mol. The van der Waals surface area contributed by atoms with Gasteiger partial charge in [0.2, 0.25) is 0 Å². The molecule has 4 nitrogen and oxygen atoms in total. The van der Waals surface area contributed by atoms with Crippen LogP contribution in [0.5, 0.6) is 0 Å². The summed E-state index contributed by atoms with van der Waals surface area (Å²) in [5, 5.41) is 8.97. The molecule has 0 atom stereocenters. The molecule has 0 radical (unpaired) electrons. The summed E-state index contributed by atoms with van der Waals surface area (Å²) in [7, 11) is 0. The lowest BCUT2D eigenvalue weighted by Gasteiger charge is -2.21. The van der Waals surface area contributed by atoms with Crippen LogP contribution in [0.15, 0.2) is 18.3 Å². The Morgan fingerprint density at radius 1 is 1.53 bits per heavy atom. The number of pyridine rings is 1. The van der Waals surface area contributed by atoms with Gasteiger partial charge < -0.3 is 10.8 Å². The van der Waals surface area contributed by atoms with Gasteiger partial charge >= 0.3 is 0 Å². The zero-order valence-electron chi connectivity index (χ0n) is 8.76. The summed E-state index contributed by atoms with van der Waals surface area (Å²) in [5.74, 6) is 0.598. The van der Waals surface area contributed by atoms with Gasteiger partial charge in [-0.3, -0.25) is 4.90 Å². The van der Waals surface area contributed by atoms with E-state index in [4.69, 9.17) is 10.8 Å². The quantitative estimate of drug-likeness (QED) is 0.743. The van der Waals surface area contributed by atoms with E-state index in [1.165, 1.54) is 12.8 Å². The van der Waals surface area contributed by atoms with Crippen molar-refractivity contribution in [3.63, 3.8) is 0 Å². The largest absolute Gasteiger partial charge is 0.395 e. The Kier molecular flexibility index (Phi) is 3.18. The fourth-order valence-corrected chi connectivity index (χ4v) is 1.76. The second-order valence-electron chi connectivity index (χ2n) is 3.97. The Labute approximate surface area is 89.7 Å². The lowest BCUT2D eigenvalue weighted by Crippen LogP contribution is -2.29. The van der Waals surface area contributed by atoms with Gasteiger partial charge in [-0.05, 0) is 18.9 Å². The zero-order valence-corrected chi connectivity index (χ0v) is 8.76. The minimum atomic E-state index is 0.205. The van der Waals surface area contributed by atoms with Gasteiger partial charge in [0.25, 0.3) is 0 Å². The van der Waals surface area contributed by atoms with E-state index >= 15 is 0 Å². The summed E-state index contributed by atoms with van der Waals surface area (Å²) in [6.07, 6.45) is 4.17. The molecule has 1 aromatic rings. The maximum absolute atomic E-state index is 8.97. The lowest BCUT2D eigenvalue weighted by atomic mass is 10.2. The van der Waals surface area contributed by atoms with E-state index in [0.29, 0.717) is 11.9 Å². The van der Waals surface area contributed by atoms with Gasteiger partial charge in [-0.1, -0.05) is 6.07 Å². The molecular weight excluding hydrogens is 190 g/mol. The molecule has 2 rings (SSSR count). The first-order valence-corrected chi connectivity index (χ1v) is 5.35. The number of hydrogen-bond donors (Lipinski definition) is 2. The van der Waals surface area contributed by atoms with E-state index in [1.807, 2.05) is 12.1 Å². The minimum absolute atomic E-state index is 0.205. The van der Waals surface area contributed by atoms with Crippen LogP contribution in [0.25, 0.3) is 0 Å². The van der Waals surface area contributed by atoms with Gasteiger partial charge in [0.1, 0.15) is 5.82 Å². The molecule has 1 aliphatic carbocycles. The molecular formula is C11H17N3O. The highest BCUT2D eigenvalue weighted by molar-refractivity contribution is 5.38. The van der Waals surface area contributed by atoms with E-state index in [-0.39, 0.29) is 6.61 Å². The van der Waals surface area contributed by atoms with Gasteiger partial charge in [0.15, 0.2) is 0 Å². The maximum atomic E-state index is 8.97. The Morgan fingerprint density at radius 3 is 2.93 bits per heavy atom. The summed E-state index contributed by atoms with van der Waals surface area (Å²) in [4.78, 5) is 6.33. The molecule has 0 amide bonds. The van der Waals surface area contributed by atoms with Crippen molar-refractivity contribution in [1.29, 1.82) is 0 Å². The average Bonchev–Trinajstić information content (AvgIpc) is 3.04. The standard InChI is InChI=1S/C11H17N3O/c12-11-9(2-1-5-13-11)8-14(6-7-15)10-3-4-10/h1-2,5,10,15H,3-4,6-8H2,(H2,12,13). The molecule has 1 heterocycles. The highest BCUT2D eigenvalue weighted by atomic mass is 16.3. The van der Waals surface area contributed by atoms with Crippen molar-refractivity contribution in [2.24, 2.45) is 0 Å². The second kappa shape index (κ2) is 4.59. The van der Waals surface area contributed by atoms with Crippen LogP contribution >= 0.6 is 0 Å². The molecule has 0 spiro atoms. The van der Waals surface area contributed by atoms with E-state index in [2.05, 4.69) is 9.88 Å². The third-order valence-corrected chi connectivity index (χ3v) is 2.75. The fraction of sp³-hybridized carbons (Fsp3) is 0.545. The smallest absolute Gasteiger partial charge is 0.127 e. The Bertz CT molecular complexity index is 325. The molecule has 15 heavy (non-hydrogen) atoms. The molecule has 1 fully saturated rings. The van der Waals surface area contributed by atoms with Crippen molar-refractivity contribution < 1.29 is 5.11 Å². The van der Waals surface area contributed by atoms with Crippen molar-refractivity contribution in [3.8, 4) is 0 Å². The maximum Gasteiger partial charge on any atom is 0.127 e. The van der Waals surface area contributed by atoms with Crippen molar-refractivity contribution in [1.82, 2.24) is 9.88 Å². The molecule has 0 saturated heterocycles. The summed E-state index contributed by atoms with van der Waals surface area (Å²) >= 11 is 0. The SMILES string of the molecule is Nc1ncccc1CN(CCO)C1CC1.